The van der Waals surface area contributed by atoms with Crippen molar-refractivity contribution in [1.29, 1.82) is 0 Å². The standard InChI is InChI=1S/C15H20F3NS2/c1-3-19-14(13-9-20-6-7-21-13)12-5-4-11(8-10(12)2)15(16,17)18/h4-5,8,13-14,19H,3,6-7,9H2,1-2H3. The summed E-state index contributed by atoms with van der Waals surface area (Å²) in [6.45, 7) is 4.62. The van der Waals surface area contributed by atoms with Crippen molar-refractivity contribution in [2.75, 3.05) is 23.8 Å². The molecule has 6 heteroatoms. The van der Waals surface area contributed by atoms with Crippen molar-refractivity contribution < 1.29 is 13.2 Å². The summed E-state index contributed by atoms with van der Waals surface area (Å²) in [5, 5.41) is 3.87. The molecule has 1 aliphatic heterocycles. The third-order valence-electron chi connectivity index (χ3n) is 3.57. The molecule has 0 radical (unpaired) electrons. The molecule has 1 aliphatic rings. The molecule has 0 saturated carbocycles. The number of hydrogen-bond acceptors (Lipinski definition) is 3. The van der Waals surface area contributed by atoms with Crippen LogP contribution in [0.4, 0.5) is 13.2 Å². The first-order valence-electron chi connectivity index (χ1n) is 7.04. The molecule has 1 aromatic carbocycles. The maximum absolute atomic E-state index is 12.8. The zero-order valence-electron chi connectivity index (χ0n) is 12.2. The molecule has 1 aromatic rings. The van der Waals surface area contributed by atoms with Crippen LogP contribution in [0.15, 0.2) is 18.2 Å². The summed E-state index contributed by atoms with van der Waals surface area (Å²) in [6, 6.07) is 4.23. The summed E-state index contributed by atoms with van der Waals surface area (Å²) in [5.41, 5.74) is 1.14. The van der Waals surface area contributed by atoms with E-state index in [1.54, 1.807) is 13.0 Å². The van der Waals surface area contributed by atoms with Gasteiger partial charge in [0, 0.05) is 28.6 Å². The van der Waals surface area contributed by atoms with Crippen molar-refractivity contribution in [1.82, 2.24) is 5.32 Å². The van der Waals surface area contributed by atoms with Crippen LogP contribution in [0.25, 0.3) is 0 Å². The van der Waals surface area contributed by atoms with Gasteiger partial charge in [0.1, 0.15) is 0 Å². The van der Waals surface area contributed by atoms with Gasteiger partial charge in [0.2, 0.25) is 0 Å². The lowest BCUT2D eigenvalue weighted by Gasteiger charge is -2.31. The maximum atomic E-state index is 12.8. The lowest BCUT2D eigenvalue weighted by molar-refractivity contribution is -0.137. The fourth-order valence-electron chi connectivity index (χ4n) is 2.56. The Kier molecular flexibility index (Phi) is 5.91. The molecule has 1 saturated heterocycles. The maximum Gasteiger partial charge on any atom is 0.416 e. The molecule has 0 amide bonds. The fourth-order valence-corrected chi connectivity index (χ4v) is 5.42. The minimum absolute atomic E-state index is 0.120. The van der Waals surface area contributed by atoms with Gasteiger partial charge in [0.05, 0.1) is 5.56 Å². The van der Waals surface area contributed by atoms with E-state index in [-0.39, 0.29) is 6.04 Å². The number of benzene rings is 1. The van der Waals surface area contributed by atoms with E-state index in [0.29, 0.717) is 10.8 Å². The van der Waals surface area contributed by atoms with E-state index in [1.807, 2.05) is 30.4 Å². The Bertz CT molecular complexity index is 470. The summed E-state index contributed by atoms with van der Waals surface area (Å²) in [4.78, 5) is 0. The van der Waals surface area contributed by atoms with Crippen LogP contribution >= 0.6 is 23.5 Å². The topological polar surface area (TPSA) is 12.0 Å². The van der Waals surface area contributed by atoms with Gasteiger partial charge in [0.15, 0.2) is 0 Å². The number of thioether (sulfide) groups is 2. The van der Waals surface area contributed by atoms with Gasteiger partial charge in [-0.3, -0.25) is 0 Å². The normalized spacial score (nSPS) is 21.3. The summed E-state index contributed by atoms with van der Waals surface area (Å²) in [5.74, 6) is 3.31. The fraction of sp³-hybridized carbons (Fsp3) is 0.600. The van der Waals surface area contributed by atoms with Gasteiger partial charge in [-0.05, 0) is 36.7 Å². The number of halogens is 3. The minimum atomic E-state index is -4.27. The molecule has 2 rings (SSSR count). The highest BCUT2D eigenvalue weighted by molar-refractivity contribution is 8.06. The molecule has 0 aliphatic carbocycles. The molecule has 0 aromatic heterocycles. The lowest BCUT2D eigenvalue weighted by atomic mass is 9.96. The predicted molar refractivity (Wildman–Crippen MR) is 86.2 cm³/mol. The van der Waals surface area contributed by atoms with Gasteiger partial charge in [-0.1, -0.05) is 13.0 Å². The van der Waals surface area contributed by atoms with Gasteiger partial charge in [-0.15, -0.1) is 0 Å². The molecular weight excluding hydrogens is 315 g/mol. The van der Waals surface area contributed by atoms with Crippen LogP contribution in [0.5, 0.6) is 0 Å². The zero-order valence-corrected chi connectivity index (χ0v) is 13.8. The third kappa shape index (κ3) is 4.33. The Labute approximate surface area is 132 Å². The van der Waals surface area contributed by atoms with E-state index < -0.39 is 11.7 Å². The largest absolute Gasteiger partial charge is 0.416 e. The van der Waals surface area contributed by atoms with Crippen LogP contribution in [0.1, 0.15) is 29.7 Å². The molecule has 2 atom stereocenters. The van der Waals surface area contributed by atoms with Crippen molar-refractivity contribution in [2.24, 2.45) is 0 Å². The average Bonchev–Trinajstić information content (AvgIpc) is 2.45. The first-order chi connectivity index (χ1) is 9.93. The second kappa shape index (κ2) is 7.29. The number of nitrogens with one attached hydrogen (secondary N) is 1. The van der Waals surface area contributed by atoms with E-state index in [9.17, 15) is 13.2 Å². The minimum Gasteiger partial charge on any atom is -0.309 e. The Hall–Kier alpha value is -0.330. The molecule has 21 heavy (non-hydrogen) atoms. The SMILES string of the molecule is CCNC(c1ccc(C(F)(F)F)cc1C)C1CSCCS1. The van der Waals surface area contributed by atoms with Gasteiger partial charge in [0.25, 0.3) is 0 Å². The van der Waals surface area contributed by atoms with E-state index >= 15 is 0 Å². The number of rotatable bonds is 4. The number of aryl methyl sites for hydroxylation is 1. The van der Waals surface area contributed by atoms with Crippen molar-refractivity contribution in [3.05, 3.63) is 34.9 Å². The zero-order chi connectivity index (χ0) is 15.5. The highest BCUT2D eigenvalue weighted by Gasteiger charge is 2.32. The van der Waals surface area contributed by atoms with Gasteiger partial charge in [-0.2, -0.15) is 36.7 Å². The summed E-state index contributed by atoms with van der Waals surface area (Å²) in [7, 11) is 0. The van der Waals surface area contributed by atoms with Crippen LogP contribution < -0.4 is 5.32 Å². The second-order valence-electron chi connectivity index (χ2n) is 5.09. The number of hydrogen-bond donors (Lipinski definition) is 1. The van der Waals surface area contributed by atoms with Crippen molar-refractivity contribution in [3.8, 4) is 0 Å². The lowest BCUT2D eigenvalue weighted by Crippen LogP contribution is -2.34. The Morgan fingerprint density at radius 3 is 2.62 bits per heavy atom. The third-order valence-corrected chi connectivity index (χ3v) is 6.43. The Morgan fingerprint density at radius 1 is 1.33 bits per heavy atom. The Balaban J connectivity index is 2.27. The smallest absolute Gasteiger partial charge is 0.309 e. The van der Waals surface area contributed by atoms with E-state index in [1.165, 1.54) is 12.1 Å². The molecule has 1 heterocycles. The van der Waals surface area contributed by atoms with Crippen molar-refractivity contribution >= 4 is 23.5 Å². The monoisotopic (exact) mass is 335 g/mol. The van der Waals surface area contributed by atoms with Crippen LogP contribution in [0.2, 0.25) is 0 Å². The van der Waals surface area contributed by atoms with Gasteiger partial charge >= 0.3 is 6.18 Å². The molecule has 0 spiro atoms. The van der Waals surface area contributed by atoms with Crippen LogP contribution in [0.3, 0.4) is 0 Å². The molecule has 1 N–H and O–H groups in total. The second-order valence-corrected chi connectivity index (χ2v) is 7.59. The number of alkyl halides is 3. The predicted octanol–water partition coefficient (Wildman–Crippen LogP) is 4.51. The Morgan fingerprint density at radius 2 is 2.10 bits per heavy atom. The highest BCUT2D eigenvalue weighted by Crippen LogP contribution is 2.37. The average molecular weight is 335 g/mol. The van der Waals surface area contributed by atoms with Gasteiger partial charge < -0.3 is 5.32 Å². The summed E-state index contributed by atoms with van der Waals surface area (Å²) < 4.78 is 38.3. The molecule has 1 nitrogen and oxygen atoms in total. The molecule has 1 fully saturated rings. The quantitative estimate of drug-likeness (QED) is 0.869. The van der Waals surface area contributed by atoms with E-state index in [2.05, 4.69) is 5.32 Å². The van der Waals surface area contributed by atoms with Crippen LogP contribution in [-0.2, 0) is 6.18 Å². The van der Waals surface area contributed by atoms with Crippen LogP contribution in [0, 0.1) is 6.92 Å². The first kappa shape index (κ1) is 17.0. The van der Waals surface area contributed by atoms with E-state index in [0.717, 1.165) is 29.4 Å². The summed E-state index contributed by atoms with van der Waals surface area (Å²) >= 11 is 3.84. The molecule has 118 valence electrons. The molecule has 2 unspecified atom stereocenters. The van der Waals surface area contributed by atoms with Gasteiger partial charge in [-0.25, -0.2) is 0 Å². The van der Waals surface area contributed by atoms with Crippen molar-refractivity contribution in [2.45, 2.75) is 31.3 Å². The molecule has 0 bridgehead atoms. The van der Waals surface area contributed by atoms with Crippen LogP contribution in [-0.4, -0.2) is 29.1 Å². The van der Waals surface area contributed by atoms with E-state index in [4.69, 9.17) is 0 Å². The first-order valence-corrected chi connectivity index (χ1v) is 9.24. The molecular formula is C15H20F3NS2. The summed E-state index contributed by atoms with van der Waals surface area (Å²) in [6.07, 6.45) is -4.27. The van der Waals surface area contributed by atoms with Crippen molar-refractivity contribution in [3.63, 3.8) is 0 Å². The highest BCUT2D eigenvalue weighted by atomic mass is 32.2.